The van der Waals surface area contributed by atoms with E-state index in [1.54, 1.807) is 63.2 Å². The van der Waals surface area contributed by atoms with Gasteiger partial charge in [-0.25, -0.2) is 0 Å². The van der Waals surface area contributed by atoms with Crippen molar-refractivity contribution in [1.29, 1.82) is 0 Å². The van der Waals surface area contributed by atoms with Gasteiger partial charge in [0.1, 0.15) is 17.3 Å². The summed E-state index contributed by atoms with van der Waals surface area (Å²) in [6.45, 7) is 8.27. The highest BCUT2D eigenvalue weighted by atomic mass is 16.6. The Morgan fingerprint density at radius 3 is 1.97 bits per heavy atom. The first-order valence-electron chi connectivity index (χ1n) is 9.49. The first kappa shape index (κ1) is 22.3. The van der Waals surface area contributed by atoms with Crippen LogP contribution in [0.2, 0.25) is 0 Å². The van der Waals surface area contributed by atoms with Crippen LogP contribution in [0.25, 0.3) is 0 Å². The number of hydrogen-bond acceptors (Lipinski definition) is 5. The van der Waals surface area contributed by atoms with Crippen LogP contribution in [0.4, 0.5) is 0 Å². The summed E-state index contributed by atoms with van der Waals surface area (Å²) in [5.74, 6) is -3.51. The third-order valence-corrected chi connectivity index (χ3v) is 4.63. The molecular weight excluding hydrogens is 370 g/mol. The highest BCUT2D eigenvalue weighted by Gasteiger charge is 2.46. The molecule has 0 radical (unpaired) electrons. The van der Waals surface area contributed by atoms with Crippen molar-refractivity contribution in [3.63, 3.8) is 0 Å². The summed E-state index contributed by atoms with van der Waals surface area (Å²) < 4.78 is 5.47. The van der Waals surface area contributed by atoms with Crippen molar-refractivity contribution in [3.8, 4) is 0 Å². The Balaban J connectivity index is 2.67. The maximum Gasteiger partial charge on any atom is 0.317 e. The van der Waals surface area contributed by atoms with Crippen molar-refractivity contribution in [2.75, 3.05) is 0 Å². The van der Waals surface area contributed by atoms with Crippen molar-refractivity contribution in [3.05, 3.63) is 81.4 Å². The number of aryl methyl sites for hydroxylation is 1. The number of ketones is 1. The van der Waals surface area contributed by atoms with Crippen LogP contribution in [-0.2, 0) is 14.3 Å². The Morgan fingerprint density at radius 1 is 0.966 bits per heavy atom. The lowest BCUT2D eigenvalue weighted by Crippen LogP contribution is -2.39. The fourth-order valence-corrected chi connectivity index (χ4v) is 3.39. The van der Waals surface area contributed by atoms with E-state index < -0.39 is 40.2 Å². The molecule has 0 aliphatic carbocycles. The van der Waals surface area contributed by atoms with E-state index in [4.69, 9.17) is 4.74 Å². The van der Waals surface area contributed by atoms with Crippen LogP contribution < -0.4 is 0 Å². The van der Waals surface area contributed by atoms with E-state index in [1.807, 2.05) is 19.1 Å². The molecule has 0 spiro atoms. The van der Waals surface area contributed by atoms with Gasteiger partial charge in [-0.1, -0.05) is 60.2 Å². The summed E-state index contributed by atoms with van der Waals surface area (Å²) >= 11 is 0. The van der Waals surface area contributed by atoms with Crippen molar-refractivity contribution in [2.45, 2.75) is 52.2 Å². The number of carbonyl (C=O) groups excluding carboxylic acids is 2. The van der Waals surface area contributed by atoms with Crippen molar-refractivity contribution in [1.82, 2.24) is 0 Å². The molecule has 2 aromatic rings. The van der Waals surface area contributed by atoms with Gasteiger partial charge in [-0.3, -0.25) is 19.7 Å². The maximum absolute atomic E-state index is 13.0. The highest BCUT2D eigenvalue weighted by Crippen LogP contribution is 2.41. The summed E-state index contributed by atoms with van der Waals surface area (Å²) in [7, 11) is 0. The minimum Gasteiger partial charge on any atom is -0.459 e. The fourth-order valence-electron chi connectivity index (χ4n) is 3.39. The number of esters is 1. The van der Waals surface area contributed by atoms with Crippen molar-refractivity contribution >= 4 is 11.8 Å². The highest BCUT2D eigenvalue weighted by molar-refractivity contribution is 5.99. The Morgan fingerprint density at radius 2 is 1.52 bits per heavy atom. The molecule has 0 aromatic heterocycles. The minimum absolute atomic E-state index is 0.429. The molecule has 29 heavy (non-hydrogen) atoms. The van der Waals surface area contributed by atoms with Gasteiger partial charge in [-0.05, 0) is 40.2 Å². The summed E-state index contributed by atoms with van der Waals surface area (Å²) in [4.78, 5) is 37.3. The zero-order chi connectivity index (χ0) is 21.8. The van der Waals surface area contributed by atoms with E-state index in [1.165, 1.54) is 6.92 Å². The van der Waals surface area contributed by atoms with Crippen LogP contribution in [0.5, 0.6) is 0 Å². The van der Waals surface area contributed by atoms with Crippen LogP contribution in [0.1, 0.15) is 56.3 Å². The molecule has 6 nitrogen and oxygen atoms in total. The van der Waals surface area contributed by atoms with Crippen LogP contribution in [0, 0.1) is 23.0 Å². The molecule has 0 saturated carbocycles. The second kappa shape index (κ2) is 8.99. The number of rotatable bonds is 7. The van der Waals surface area contributed by atoms with E-state index in [2.05, 4.69) is 0 Å². The molecule has 0 fully saturated rings. The number of ether oxygens (including phenoxy) is 1. The van der Waals surface area contributed by atoms with Crippen LogP contribution in [0.3, 0.4) is 0 Å². The van der Waals surface area contributed by atoms with Crippen LogP contribution in [-0.4, -0.2) is 22.3 Å². The molecule has 2 aromatic carbocycles. The molecule has 0 N–H and O–H groups in total. The van der Waals surface area contributed by atoms with Gasteiger partial charge in [-0.15, -0.1) is 0 Å². The molecule has 6 heteroatoms. The van der Waals surface area contributed by atoms with E-state index >= 15 is 0 Å². The lowest BCUT2D eigenvalue weighted by molar-refractivity contribution is -0.534. The van der Waals surface area contributed by atoms with E-state index in [0.717, 1.165) is 5.56 Å². The second-order valence-corrected chi connectivity index (χ2v) is 8.20. The smallest absolute Gasteiger partial charge is 0.317 e. The van der Waals surface area contributed by atoms with E-state index in [9.17, 15) is 19.7 Å². The molecule has 3 atom stereocenters. The third-order valence-electron chi connectivity index (χ3n) is 4.63. The monoisotopic (exact) mass is 397 g/mol. The van der Waals surface area contributed by atoms with Crippen molar-refractivity contribution < 1.29 is 19.2 Å². The Bertz CT molecular complexity index is 868. The summed E-state index contributed by atoms with van der Waals surface area (Å²) in [5, 5.41) is 12.2. The molecule has 0 saturated heterocycles. The standard InChI is InChI=1S/C23H27NO5/c1-15-11-13-17(14-12-15)20(19(16(2)25)22(26)29-23(3,4)5)21(24(27)28)18-9-7-6-8-10-18/h6-14,19-21H,1-5H3. The number of benzene rings is 2. The zero-order valence-corrected chi connectivity index (χ0v) is 17.4. The summed E-state index contributed by atoms with van der Waals surface area (Å²) in [5.41, 5.74) is 1.13. The quantitative estimate of drug-likeness (QED) is 0.294. The summed E-state index contributed by atoms with van der Waals surface area (Å²) in [6.07, 6.45) is 0. The number of carbonyl (C=O) groups is 2. The molecule has 0 aliphatic heterocycles. The molecule has 0 amide bonds. The van der Waals surface area contributed by atoms with Gasteiger partial charge in [0.25, 0.3) is 0 Å². The predicted molar refractivity (Wildman–Crippen MR) is 110 cm³/mol. The first-order chi connectivity index (χ1) is 13.5. The molecule has 2 rings (SSSR count). The van der Waals surface area contributed by atoms with Gasteiger partial charge in [-0.2, -0.15) is 0 Å². The summed E-state index contributed by atoms with van der Waals surface area (Å²) in [6, 6.07) is 14.3. The Hall–Kier alpha value is -3.02. The molecule has 0 aliphatic rings. The number of Topliss-reactive ketones (excluding diaryl/α,β-unsaturated/α-hetero) is 1. The van der Waals surface area contributed by atoms with Gasteiger partial charge >= 0.3 is 5.97 Å². The zero-order valence-electron chi connectivity index (χ0n) is 17.4. The fraction of sp³-hybridized carbons (Fsp3) is 0.391. The van der Waals surface area contributed by atoms with E-state index in [-0.39, 0.29) is 0 Å². The average Bonchev–Trinajstić information content (AvgIpc) is 2.60. The van der Waals surface area contributed by atoms with Gasteiger partial charge < -0.3 is 4.74 Å². The minimum atomic E-state index is -1.30. The molecule has 154 valence electrons. The van der Waals surface area contributed by atoms with Gasteiger partial charge in [0.2, 0.25) is 6.04 Å². The molecule has 3 unspecified atom stereocenters. The Kier molecular flexibility index (Phi) is 6.90. The van der Waals surface area contributed by atoms with Crippen LogP contribution in [0.15, 0.2) is 54.6 Å². The second-order valence-electron chi connectivity index (χ2n) is 8.20. The third kappa shape index (κ3) is 5.73. The predicted octanol–water partition coefficient (Wildman–Crippen LogP) is 4.64. The first-order valence-corrected chi connectivity index (χ1v) is 9.49. The van der Waals surface area contributed by atoms with Crippen molar-refractivity contribution in [2.24, 2.45) is 5.92 Å². The van der Waals surface area contributed by atoms with E-state index in [0.29, 0.717) is 11.1 Å². The number of nitrogens with zero attached hydrogens (tertiary/aromatic N) is 1. The Labute approximate surface area is 171 Å². The molecular formula is C23H27NO5. The van der Waals surface area contributed by atoms with Gasteiger partial charge in [0, 0.05) is 10.5 Å². The lowest BCUT2D eigenvalue weighted by atomic mass is 9.76. The number of nitro groups is 1. The van der Waals surface area contributed by atoms with Gasteiger partial charge in [0.15, 0.2) is 0 Å². The molecule has 0 bridgehead atoms. The van der Waals surface area contributed by atoms with Crippen LogP contribution >= 0.6 is 0 Å². The largest absolute Gasteiger partial charge is 0.459 e. The van der Waals surface area contributed by atoms with Gasteiger partial charge in [0.05, 0.1) is 5.92 Å². The topological polar surface area (TPSA) is 86.5 Å². The SMILES string of the molecule is CC(=O)C(C(=O)OC(C)(C)C)C(c1ccc(C)cc1)C(c1ccccc1)[N+](=O)[O-]. The number of hydrogen-bond donors (Lipinski definition) is 0. The average molecular weight is 397 g/mol. The maximum atomic E-state index is 13.0. The normalized spacial score (nSPS) is 14.5. The lowest BCUT2D eigenvalue weighted by Gasteiger charge is -2.29. The molecule has 0 heterocycles.